The quantitative estimate of drug-likeness (QED) is 0.465. The molecular weight excluding hydrogens is 525 g/mol. The minimum Gasteiger partial charge on any atom is -0.497 e. The molecule has 40 heavy (non-hydrogen) atoms. The number of carbonyl (C=O) groups is 1. The number of amides is 1. The minimum atomic E-state index is -4.72. The van der Waals surface area contributed by atoms with Gasteiger partial charge < -0.3 is 19.7 Å². The Morgan fingerprint density at radius 1 is 1.07 bits per heavy atom. The second-order valence-electron chi connectivity index (χ2n) is 10.0. The van der Waals surface area contributed by atoms with Crippen molar-refractivity contribution >= 4 is 11.6 Å². The summed E-state index contributed by atoms with van der Waals surface area (Å²) in [6, 6.07) is 8.87. The van der Waals surface area contributed by atoms with Gasteiger partial charge in [-0.1, -0.05) is 0 Å². The lowest BCUT2D eigenvalue weighted by Crippen LogP contribution is -2.32. The van der Waals surface area contributed by atoms with Crippen LogP contribution in [-0.4, -0.2) is 49.5 Å². The van der Waals surface area contributed by atoms with Crippen molar-refractivity contribution in [1.29, 1.82) is 0 Å². The molecule has 1 aromatic heterocycles. The zero-order valence-electron chi connectivity index (χ0n) is 22.6. The predicted molar refractivity (Wildman–Crippen MR) is 144 cm³/mol. The van der Waals surface area contributed by atoms with Gasteiger partial charge in [0.15, 0.2) is 0 Å². The first kappa shape index (κ1) is 27.5. The second-order valence-corrected chi connectivity index (χ2v) is 10.0. The Bertz CT molecular complexity index is 1480. The fourth-order valence-corrected chi connectivity index (χ4v) is 5.57. The van der Waals surface area contributed by atoms with Crippen LogP contribution in [0.5, 0.6) is 11.5 Å². The molecule has 1 aliphatic heterocycles. The van der Waals surface area contributed by atoms with Crippen molar-refractivity contribution in [2.45, 2.75) is 38.8 Å². The zero-order chi connectivity index (χ0) is 28.6. The summed E-state index contributed by atoms with van der Waals surface area (Å²) in [4.78, 5) is 27.9. The number of hydrogen-bond acceptors (Lipinski definition) is 6. The van der Waals surface area contributed by atoms with Crippen molar-refractivity contribution in [3.8, 4) is 28.4 Å². The summed E-state index contributed by atoms with van der Waals surface area (Å²) in [5, 5.41) is 7.36. The summed E-state index contributed by atoms with van der Waals surface area (Å²) in [5.74, 6) is 0.650. The number of methoxy groups -OCH3 is 2. The van der Waals surface area contributed by atoms with E-state index in [1.165, 1.54) is 26.4 Å². The Kier molecular flexibility index (Phi) is 7.48. The van der Waals surface area contributed by atoms with Gasteiger partial charge in [-0.3, -0.25) is 9.59 Å². The van der Waals surface area contributed by atoms with Crippen LogP contribution in [0.15, 0.2) is 41.2 Å². The van der Waals surface area contributed by atoms with Gasteiger partial charge in [-0.2, -0.15) is 23.0 Å². The molecule has 2 aliphatic rings. The summed E-state index contributed by atoms with van der Waals surface area (Å²) < 4.78 is 54.5. The van der Waals surface area contributed by atoms with Crippen LogP contribution in [0.4, 0.5) is 18.9 Å². The highest BCUT2D eigenvalue weighted by Crippen LogP contribution is 2.38. The van der Waals surface area contributed by atoms with Crippen molar-refractivity contribution in [2.75, 3.05) is 38.8 Å². The summed E-state index contributed by atoms with van der Waals surface area (Å²) in [5.41, 5.74) is 0.814. The number of alkyl halides is 3. The standard InChI is InChI=1S/C29H31F3N4O4/c1-4-33-27(37)17-10-11-35(16-17)19-8-9-24(29(30,31)32)25(14-19)36-28(38)23-7-5-6-22(23)26(34-36)18-12-20(39-2)15-21(13-18)40-3/h8-9,12-15,17H,4-7,10-11,16H2,1-3H3,(H,33,37). The van der Waals surface area contributed by atoms with E-state index in [1.54, 1.807) is 18.2 Å². The number of anilines is 1. The molecule has 11 heteroatoms. The molecule has 3 aromatic rings. The monoisotopic (exact) mass is 556 g/mol. The number of benzene rings is 2. The van der Waals surface area contributed by atoms with Crippen molar-refractivity contribution in [2.24, 2.45) is 5.92 Å². The van der Waals surface area contributed by atoms with Gasteiger partial charge in [-0.05, 0) is 68.5 Å². The summed E-state index contributed by atoms with van der Waals surface area (Å²) in [6.45, 7) is 3.23. The Balaban J connectivity index is 1.66. The van der Waals surface area contributed by atoms with E-state index in [0.29, 0.717) is 79.3 Å². The maximum absolute atomic E-state index is 14.3. The molecule has 1 aliphatic carbocycles. The number of rotatable bonds is 7. The maximum atomic E-state index is 14.3. The average Bonchev–Trinajstić information content (AvgIpc) is 3.63. The number of nitrogens with one attached hydrogen (secondary N) is 1. The molecule has 1 saturated heterocycles. The molecule has 0 radical (unpaired) electrons. The molecule has 0 saturated carbocycles. The summed E-state index contributed by atoms with van der Waals surface area (Å²) in [6.07, 6.45) is -2.39. The first-order chi connectivity index (χ1) is 19.1. The van der Waals surface area contributed by atoms with Crippen molar-refractivity contribution < 1.29 is 27.4 Å². The number of halogens is 3. The van der Waals surface area contributed by atoms with Crippen LogP contribution >= 0.6 is 0 Å². The molecule has 1 fully saturated rings. The van der Waals surface area contributed by atoms with E-state index >= 15 is 0 Å². The lowest BCUT2D eigenvalue weighted by molar-refractivity contribution is -0.137. The van der Waals surface area contributed by atoms with E-state index in [4.69, 9.17) is 9.47 Å². The molecule has 2 aromatic carbocycles. The Morgan fingerprint density at radius 2 is 1.77 bits per heavy atom. The number of fused-ring (bicyclic) bond motifs is 1. The third-order valence-corrected chi connectivity index (χ3v) is 7.57. The van der Waals surface area contributed by atoms with Gasteiger partial charge in [0.25, 0.3) is 5.56 Å². The van der Waals surface area contributed by atoms with E-state index in [0.717, 1.165) is 16.3 Å². The third-order valence-electron chi connectivity index (χ3n) is 7.57. The first-order valence-corrected chi connectivity index (χ1v) is 13.3. The van der Waals surface area contributed by atoms with Crippen molar-refractivity contribution in [3.63, 3.8) is 0 Å². The number of hydrogen-bond donors (Lipinski definition) is 1. The minimum absolute atomic E-state index is 0.0768. The largest absolute Gasteiger partial charge is 0.497 e. The van der Waals surface area contributed by atoms with Crippen LogP contribution in [-0.2, 0) is 23.8 Å². The van der Waals surface area contributed by atoms with Crippen LogP contribution < -0.4 is 25.2 Å². The van der Waals surface area contributed by atoms with Crippen LogP contribution in [0.1, 0.15) is 36.5 Å². The molecule has 1 N–H and O–H groups in total. The fraction of sp³-hybridized carbons (Fsp3) is 0.414. The molecule has 1 amide bonds. The van der Waals surface area contributed by atoms with E-state index in [2.05, 4.69) is 10.4 Å². The van der Waals surface area contributed by atoms with E-state index < -0.39 is 17.3 Å². The number of carbonyl (C=O) groups excluding carboxylic acids is 1. The van der Waals surface area contributed by atoms with E-state index in [9.17, 15) is 22.8 Å². The molecule has 212 valence electrons. The van der Waals surface area contributed by atoms with Gasteiger partial charge in [-0.15, -0.1) is 0 Å². The fourth-order valence-electron chi connectivity index (χ4n) is 5.57. The molecule has 0 spiro atoms. The maximum Gasteiger partial charge on any atom is 0.418 e. The molecule has 1 atom stereocenters. The summed E-state index contributed by atoms with van der Waals surface area (Å²) in [7, 11) is 3.01. The number of ether oxygens (including phenoxy) is 2. The predicted octanol–water partition coefficient (Wildman–Crippen LogP) is 4.39. The second kappa shape index (κ2) is 10.9. The highest BCUT2D eigenvalue weighted by molar-refractivity contribution is 5.80. The Labute approximate surface area is 229 Å². The SMILES string of the molecule is CCNC(=O)C1CCN(c2ccc(C(F)(F)F)c(-n3nc(-c4cc(OC)cc(OC)c4)c4c(c3=O)CCC4)c2)C1. The lowest BCUT2D eigenvalue weighted by Gasteiger charge is -2.22. The smallest absolute Gasteiger partial charge is 0.418 e. The lowest BCUT2D eigenvalue weighted by atomic mass is 10.0. The van der Waals surface area contributed by atoms with E-state index in [-0.39, 0.29) is 17.5 Å². The molecule has 8 nitrogen and oxygen atoms in total. The van der Waals surface area contributed by atoms with Gasteiger partial charge in [0.1, 0.15) is 11.5 Å². The van der Waals surface area contributed by atoms with Crippen molar-refractivity contribution in [1.82, 2.24) is 15.1 Å². The average molecular weight is 557 g/mol. The van der Waals surface area contributed by atoms with Crippen molar-refractivity contribution in [3.05, 3.63) is 63.4 Å². The van der Waals surface area contributed by atoms with Gasteiger partial charge in [-0.25, -0.2) is 0 Å². The van der Waals surface area contributed by atoms with E-state index in [1.807, 2.05) is 11.8 Å². The molecule has 2 heterocycles. The third kappa shape index (κ3) is 5.12. The molecule has 0 bridgehead atoms. The first-order valence-electron chi connectivity index (χ1n) is 13.3. The van der Waals surface area contributed by atoms with Crippen LogP contribution in [0, 0.1) is 5.92 Å². The Morgan fingerprint density at radius 3 is 2.42 bits per heavy atom. The molecule has 5 rings (SSSR count). The zero-order valence-corrected chi connectivity index (χ0v) is 22.6. The van der Waals surface area contributed by atoms with Gasteiger partial charge in [0.05, 0.1) is 37.1 Å². The Hall–Kier alpha value is -4.02. The topological polar surface area (TPSA) is 85.7 Å². The van der Waals surface area contributed by atoms with Gasteiger partial charge in [0.2, 0.25) is 5.91 Å². The van der Waals surface area contributed by atoms with Crippen LogP contribution in [0.3, 0.4) is 0 Å². The number of aromatic nitrogens is 2. The molecular formula is C29H31F3N4O4. The normalized spacial score (nSPS) is 16.6. The number of nitrogens with zero attached hydrogens (tertiary/aromatic N) is 3. The van der Waals surface area contributed by atoms with Crippen LogP contribution in [0.25, 0.3) is 16.9 Å². The van der Waals surface area contributed by atoms with Crippen LogP contribution in [0.2, 0.25) is 0 Å². The van der Waals surface area contributed by atoms with Gasteiger partial charge >= 0.3 is 6.18 Å². The highest BCUT2D eigenvalue weighted by atomic mass is 19.4. The summed E-state index contributed by atoms with van der Waals surface area (Å²) >= 11 is 0. The highest BCUT2D eigenvalue weighted by Gasteiger charge is 2.37. The van der Waals surface area contributed by atoms with Gasteiger partial charge in [0, 0.05) is 42.5 Å². The molecule has 1 unspecified atom stereocenters.